The molecule has 1 aromatic carbocycles. The van der Waals surface area contributed by atoms with Gasteiger partial charge in [-0.15, -0.1) is 0 Å². The molecule has 0 saturated carbocycles. The standard InChI is InChI=1S/C18H24N4O2/c1-13-16(20-18(24-13)14-7-5-4-6-8-14)17(23)19-11-15-12-21(2)9-10-22(15)3/h4-8,15H,9-12H2,1-3H3,(H,19,23). The maximum atomic E-state index is 12.5. The SMILES string of the molecule is Cc1oc(-c2ccccc2)nc1C(=O)NCC1CN(C)CCN1C. The van der Waals surface area contributed by atoms with Crippen LogP contribution in [-0.2, 0) is 0 Å². The third kappa shape index (κ3) is 3.66. The zero-order chi connectivity index (χ0) is 17.1. The number of amides is 1. The minimum Gasteiger partial charge on any atom is -0.441 e. The summed E-state index contributed by atoms with van der Waals surface area (Å²) in [5.41, 5.74) is 1.23. The number of hydrogen-bond acceptors (Lipinski definition) is 5. The Morgan fingerprint density at radius 1 is 1.29 bits per heavy atom. The highest BCUT2D eigenvalue weighted by molar-refractivity contribution is 5.93. The molecule has 0 bridgehead atoms. The molecule has 1 aromatic heterocycles. The average molecular weight is 328 g/mol. The van der Waals surface area contributed by atoms with Gasteiger partial charge in [0.25, 0.3) is 5.91 Å². The molecule has 1 saturated heterocycles. The first kappa shape index (κ1) is 16.7. The number of nitrogens with zero attached hydrogens (tertiary/aromatic N) is 3. The van der Waals surface area contributed by atoms with Gasteiger partial charge in [0, 0.05) is 37.8 Å². The van der Waals surface area contributed by atoms with E-state index in [1.165, 1.54) is 0 Å². The molecule has 1 unspecified atom stereocenters. The second-order valence-corrected chi connectivity index (χ2v) is 6.40. The fourth-order valence-electron chi connectivity index (χ4n) is 2.93. The number of likely N-dealkylation sites (N-methyl/N-ethyl adjacent to an activating group) is 2. The Labute approximate surface area is 142 Å². The van der Waals surface area contributed by atoms with Gasteiger partial charge < -0.3 is 14.6 Å². The molecule has 24 heavy (non-hydrogen) atoms. The first-order valence-electron chi connectivity index (χ1n) is 8.24. The Morgan fingerprint density at radius 2 is 2.04 bits per heavy atom. The van der Waals surface area contributed by atoms with Gasteiger partial charge in [-0.3, -0.25) is 9.69 Å². The monoisotopic (exact) mass is 328 g/mol. The van der Waals surface area contributed by atoms with E-state index in [4.69, 9.17) is 4.42 Å². The lowest BCUT2D eigenvalue weighted by atomic mass is 10.2. The fraction of sp³-hybridized carbons (Fsp3) is 0.444. The number of benzene rings is 1. The molecule has 0 aliphatic carbocycles. The number of rotatable bonds is 4. The lowest BCUT2D eigenvalue weighted by Gasteiger charge is -2.37. The minimum absolute atomic E-state index is 0.181. The average Bonchev–Trinajstić information content (AvgIpc) is 2.98. The summed E-state index contributed by atoms with van der Waals surface area (Å²) in [4.78, 5) is 21.4. The summed E-state index contributed by atoms with van der Waals surface area (Å²) in [6.07, 6.45) is 0. The van der Waals surface area contributed by atoms with Gasteiger partial charge in [-0.25, -0.2) is 4.98 Å². The predicted octanol–water partition coefficient (Wildman–Crippen LogP) is 1.63. The molecule has 0 spiro atoms. The van der Waals surface area contributed by atoms with Crippen LogP contribution in [0.5, 0.6) is 0 Å². The van der Waals surface area contributed by atoms with E-state index >= 15 is 0 Å². The van der Waals surface area contributed by atoms with Crippen LogP contribution in [0.2, 0.25) is 0 Å². The molecule has 1 atom stereocenters. The Morgan fingerprint density at radius 3 is 2.79 bits per heavy atom. The molecular weight excluding hydrogens is 304 g/mol. The van der Waals surface area contributed by atoms with E-state index in [1.807, 2.05) is 30.3 Å². The van der Waals surface area contributed by atoms with Crippen molar-refractivity contribution in [3.05, 3.63) is 41.8 Å². The van der Waals surface area contributed by atoms with Crippen molar-refractivity contribution in [1.82, 2.24) is 20.1 Å². The van der Waals surface area contributed by atoms with Crippen molar-refractivity contribution in [3.8, 4) is 11.5 Å². The maximum absolute atomic E-state index is 12.5. The van der Waals surface area contributed by atoms with Crippen LogP contribution in [0.25, 0.3) is 11.5 Å². The quantitative estimate of drug-likeness (QED) is 0.924. The van der Waals surface area contributed by atoms with Crippen molar-refractivity contribution in [2.24, 2.45) is 0 Å². The molecule has 1 aliphatic rings. The molecule has 6 nitrogen and oxygen atoms in total. The third-order valence-corrected chi connectivity index (χ3v) is 4.51. The molecule has 1 N–H and O–H groups in total. The van der Waals surface area contributed by atoms with Crippen LogP contribution in [0, 0.1) is 6.92 Å². The first-order chi connectivity index (χ1) is 11.5. The number of carbonyl (C=O) groups excluding carboxylic acids is 1. The summed E-state index contributed by atoms with van der Waals surface area (Å²) in [5, 5.41) is 3.00. The highest BCUT2D eigenvalue weighted by atomic mass is 16.4. The van der Waals surface area contributed by atoms with E-state index < -0.39 is 0 Å². The molecule has 1 aliphatic heterocycles. The summed E-state index contributed by atoms with van der Waals surface area (Å²) < 4.78 is 5.66. The topological polar surface area (TPSA) is 61.6 Å². The van der Waals surface area contributed by atoms with Gasteiger partial charge in [0.15, 0.2) is 5.69 Å². The smallest absolute Gasteiger partial charge is 0.273 e. The molecule has 0 radical (unpaired) electrons. The van der Waals surface area contributed by atoms with Crippen molar-refractivity contribution in [1.29, 1.82) is 0 Å². The largest absolute Gasteiger partial charge is 0.441 e. The zero-order valence-corrected chi connectivity index (χ0v) is 14.5. The molecule has 6 heteroatoms. The Bertz CT molecular complexity index is 698. The van der Waals surface area contributed by atoms with Gasteiger partial charge in [-0.2, -0.15) is 0 Å². The number of hydrogen-bond donors (Lipinski definition) is 1. The zero-order valence-electron chi connectivity index (χ0n) is 14.5. The summed E-state index contributed by atoms with van der Waals surface area (Å²) in [7, 11) is 4.20. The van der Waals surface area contributed by atoms with Crippen LogP contribution in [-0.4, -0.2) is 67.0 Å². The highest BCUT2D eigenvalue weighted by Gasteiger charge is 2.24. The normalized spacial score (nSPS) is 19.4. The Hall–Kier alpha value is -2.18. The van der Waals surface area contributed by atoms with E-state index in [-0.39, 0.29) is 5.91 Å². The van der Waals surface area contributed by atoms with Crippen LogP contribution >= 0.6 is 0 Å². The number of oxazole rings is 1. The van der Waals surface area contributed by atoms with E-state index in [2.05, 4.69) is 34.2 Å². The van der Waals surface area contributed by atoms with Crippen molar-refractivity contribution in [2.75, 3.05) is 40.3 Å². The maximum Gasteiger partial charge on any atom is 0.273 e. The first-order valence-corrected chi connectivity index (χ1v) is 8.24. The summed E-state index contributed by atoms with van der Waals surface area (Å²) >= 11 is 0. The second kappa shape index (κ2) is 7.15. The Kier molecular flexibility index (Phi) is 4.97. The van der Waals surface area contributed by atoms with Gasteiger partial charge in [0.05, 0.1) is 0 Å². The van der Waals surface area contributed by atoms with E-state index in [9.17, 15) is 4.79 Å². The van der Waals surface area contributed by atoms with Gasteiger partial charge in [-0.05, 0) is 33.2 Å². The summed E-state index contributed by atoms with van der Waals surface area (Å²) in [5.74, 6) is 0.841. The second-order valence-electron chi connectivity index (χ2n) is 6.40. The molecule has 1 fully saturated rings. The lowest BCUT2D eigenvalue weighted by molar-refractivity contribution is 0.0876. The number of nitrogens with one attached hydrogen (secondary N) is 1. The number of aryl methyl sites for hydroxylation is 1. The van der Waals surface area contributed by atoms with Crippen LogP contribution in [0.1, 0.15) is 16.2 Å². The summed E-state index contributed by atoms with van der Waals surface area (Å²) in [6.45, 7) is 5.40. The molecule has 2 aromatic rings. The van der Waals surface area contributed by atoms with E-state index in [0.717, 1.165) is 25.2 Å². The van der Waals surface area contributed by atoms with Gasteiger partial charge in [0.1, 0.15) is 5.76 Å². The van der Waals surface area contributed by atoms with Crippen molar-refractivity contribution in [3.63, 3.8) is 0 Å². The van der Waals surface area contributed by atoms with Crippen molar-refractivity contribution in [2.45, 2.75) is 13.0 Å². The van der Waals surface area contributed by atoms with Crippen molar-refractivity contribution < 1.29 is 9.21 Å². The number of piperazine rings is 1. The summed E-state index contributed by atoms with van der Waals surface area (Å²) in [6, 6.07) is 9.92. The molecule has 2 heterocycles. The fourth-order valence-corrected chi connectivity index (χ4v) is 2.93. The Balaban J connectivity index is 1.66. The molecule has 1 amide bonds. The predicted molar refractivity (Wildman–Crippen MR) is 92.9 cm³/mol. The van der Waals surface area contributed by atoms with Crippen LogP contribution in [0.3, 0.4) is 0 Å². The lowest BCUT2D eigenvalue weighted by Crippen LogP contribution is -2.54. The van der Waals surface area contributed by atoms with E-state index in [0.29, 0.717) is 29.9 Å². The molecule has 3 rings (SSSR count). The van der Waals surface area contributed by atoms with E-state index in [1.54, 1.807) is 6.92 Å². The highest BCUT2D eigenvalue weighted by Crippen LogP contribution is 2.21. The van der Waals surface area contributed by atoms with Crippen LogP contribution < -0.4 is 5.32 Å². The van der Waals surface area contributed by atoms with Crippen LogP contribution in [0.15, 0.2) is 34.7 Å². The number of aromatic nitrogens is 1. The molecular formula is C18H24N4O2. The third-order valence-electron chi connectivity index (χ3n) is 4.51. The number of carbonyl (C=O) groups is 1. The van der Waals surface area contributed by atoms with Crippen molar-refractivity contribution >= 4 is 5.91 Å². The van der Waals surface area contributed by atoms with Crippen LogP contribution in [0.4, 0.5) is 0 Å². The van der Waals surface area contributed by atoms with Gasteiger partial charge in [-0.1, -0.05) is 18.2 Å². The molecule has 128 valence electrons. The minimum atomic E-state index is -0.181. The van der Waals surface area contributed by atoms with Gasteiger partial charge >= 0.3 is 0 Å². The van der Waals surface area contributed by atoms with Gasteiger partial charge in [0.2, 0.25) is 5.89 Å².